The van der Waals surface area contributed by atoms with Gasteiger partial charge < -0.3 is 0 Å². The molecule has 2 rings (SSSR count). The lowest BCUT2D eigenvalue weighted by Crippen LogP contribution is -1.95. The number of rotatable bonds is 5. The lowest BCUT2D eigenvalue weighted by atomic mass is 9.95. The van der Waals surface area contributed by atoms with Crippen molar-refractivity contribution >= 4 is 17.1 Å². The van der Waals surface area contributed by atoms with Crippen LogP contribution in [0.2, 0.25) is 0 Å². The van der Waals surface area contributed by atoms with Crippen molar-refractivity contribution in [2.24, 2.45) is 0 Å². The summed E-state index contributed by atoms with van der Waals surface area (Å²) in [5.41, 5.74) is 2.06. The fourth-order valence-electron chi connectivity index (χ4n) is 2.29. The third kappa shape index (κ3) is 2.55. The number of carbonyl (C=O) groups is 1. The Labute approximate surface area is 102 Å². The SMILES string of the molecule is CCCCCc1c(C=O)ccc2ccccc12. The third-order valence-electron chi connectivity index (χ3n) is 3.23. The molecule has 0 spiro atoms. The lowest BCUT2D eigenvalue weighted by Gasteiger charge is -2.09. The largest absolute Gasteiger partial charge is 0.298 e. The molecule has 0 N–H and O–H groups in total. The van der Waals surface area contributed by atoms with Gasteiger partial charge in [-0.1, -0.05) is 56.2 Å². The predicted octanol–water partition coefficient (Wildman–Crippen LogP) is 4.39. The Kier molecular flexibility index (Phi) is 3.92. The van der Waals surface area contributed by atoms with Crippen molar-refractivity contribution in [3.63, 3.8) is 0 Å². The Hall–Kier alpha value is -1.63. The molecule has 0 fully saturated rings. The number of carbonyl (C=O) groups excluding carboxylic acids is 1. The van der Waals surface area contributed by atoms with E-state index in [2.05, 4.69) is 19.1 Å². The number of hydrogen-bond donors (Lipinski definition) is 0. The molecule has 0 aromatic heterocycles. The lowest BCUT2D eigenvalue weighted by molar-refractivity contribution is 0.112. The van der Waals surface area contributed by atoms with E-state index < -0.39 is 0 Å². The highest BCUT2D eigenvalue weighted by atomic mass is 16.1. The minimum atomic E-state index is 0.847. The van der Waals surface area contributed by atoms with Crippen molar-refractivity contribution in [1.29, 1.82) is 0 Å². The van der Waals surface area contributed by atoms with Crippen molar-refractivity contribution in [3.05, 3.63) is 47.5 Å². The summed E-state index contributed by atoms with van der Waals surface area (Å²) in [7, 11) is 0. The van der Waals surface area contributed by atoms with Gasteiger partial charge in [0.25, 0.3) is 0 Å². The van der Waals surface area contributed by atoms with Crippen molar-refractivity contribution in [2.75, 3.05) is 0 Å². The molecule has 0 saturated heterocycles. The molecule has 0 unspecified atom stereocenters. The van der Waals surface area contributed by atoms with E-state index in [0.29, 0.717) is 0 Å². The van der Waals surface area contributed by atoms with Crippen LogP contribution < -0.4 is 0 Å². The molecule has 0 aliphatic heterocycles. The normalized spacial score (nSPS) is 10.6. The molecule has 1 nitrogen and oxygen atoms in total. The molecule has 0 amide bonds. The molecule has 0 atom stereocenters. The number of aldehydes is 1. The molecule has 0 aliphatic carbocycles. The van der Waals surface area contributed by atoms with Crippen LogP contribution in [0.3, 0.4) is 0 Å². The third-order valence-corrected chi connectivity index (χ3v) is 3.23. The Bertz CT molecular complexity index is 514. The van der Waals surface area contributed by atoms with Gasteiger partial charge in [-0.25, -0.2) is 0 Å². The van der Waals surface area contributed by atoms with Gasteiger partial charge in [-0.05, 0) is 29.2 Å². The molecule has 0 saturated carbocycles. The van der Waals surface area contributed by atoms with Gasteiger partial charge in [0, 0.05) is 5.56 Å². The van der Waals surface area contributed by atoms with Crippen LogP contribution in [0, 0.1) is 0 Å². The predicted molar refractivity (Wildman–Crippen MR) is 72.6 cm³/mol. The first-order valence-electron chi connectivity index (χ1n) is 6.32. The fraction of sp³-hybridized carbons (Fsp3) is 0.312. The summed E-state index contributed by atoms with van der Waals surface area (Å²) >= 11 is 0. The van der Waals surface area contributed by atoms with Crippen molar-refractivity contribution in [3.8, 4) is 0 Å². The molecular weight excluding hydrogens is 208 g/mol. The minimum absolute atomic E-state index is 0.847. The zero-order valence-electron chi connectivity index (χ0n) is 10.3. The van der Waals surface area contributed by atoms with E-state index in [-0.39, 0.29) is 0 Å². The van der Waals surface area contributed by atoms with Crippen LogP contribution in [-0.4, -0.2) is 6.29 Å². The maximum atomic E-state index is 11.1. The van der Waals surface area contributed by atoms with Gasteiger partial charge >= 0.3 is 0 Å². The summed E-state index contributed by atoms with van der Waals surface area (Å²) in [5.74, 6) is 0. The number of unbranched alkanes of at least 4 members (excludes halogenated alkanes) is 2. The molecule has 2 aromatic rings. The van der Waals surface area contributed by atoms with Crippen LogP contribution >= 0.6 is 0 Å². The number of hydrogen-bond acceptors (Lipinski definition) is 1. The van der Waals surface area contributed by atoms with Crippen LogP contribution in [0.5, 0.6) is 0 Å². The second-order valence-electron chi connectivity index (χ2n) is 4.43. The molecule has 88 valence electrons. The highest BCUT2D eigenvalue weighted by Crippen LogP contribution is 2.23. The van der Waals surface area contributed by atoms with Crippen LogP contribution in [0.15, 0.2) is 36.4 Å². The van der Waals surface area contributed by atoms with Gasteiger partial charge in [0.1, 0.15) is 6.29 Å². The molecule has 2 aromatic carbocycles. The Morgan fingerprint density at radius 1 is 1.06 bits per heavy atom. The van der Waals surface area contributed by atoms with E-state index in [0.717, 1.165) is 24.7 Å². The van der Waals surface area contributed by atoms with Gasteiger partial charge in [0.15, 0.2) is 0 Å². The zero-order valence-corrected chi connectivity index (χ0v) is 10.3. The molecule has 1 heteroatoms. The fourth-order valence-corrected chi connectivity index (χ4v) is 2.29. The summed E-state index contributed by atoms with van der Waals surface area (Å²) < 4.78 is 0. The maximum Gasteiger partial charge on any atom is 0.150 e. The van der Waals surface area contributed by atoms with Crippen molar-refractivity contribution < 1.29 is 4.79 Å². The van der Waals surface area contributed by atoms with Crippen LogP contribution in [0.4, 0.5) is 0 Å². The van der Waals surface area contributed by atoms with Gasteiger partial charge in [-0.3, -0.25) is 4.79 Å². The monoisotopic (exact) mass is 226 g/mol. The standard InChI is InChI=1S/C16H18O/c1-2-3-4-8-16-14(12-17)11-10-13-7-5-6-9-15(13)16/h5-7,9-12H,2-4,8H2,1H3. The zero-order chi connectivity index (χ0) is 12.1. The quantitative estimate of drug-likeness (QED) is 0.546. The van der Waals surface area contributed by atoms with E-state index in [4.69, 9.17) is 0 Å². The summed E-state index contributed by atoms with van der Waals surface area (Å²) in [4.78, 5) is 11.1. The van der Waals surface area contributed by atoms with Gasteiger partial charge in [-0.15, -0.1) is 0 Å². The van der Waals surface area contributed by atoms with E-state index in [1.807, 2.05) is 24.3 Å². The average molecular weight is 226 g/mol. The van der Waals surface area contributed by atoms with E-state index in [1.54, 1.807) is 0 Å². The molecule has 17 heavy (non-hydrogen) atoms. The van der Waals surface area contributed by atoms with Crippen LogP contribution in [0.25, 0.3) is 10.8 Å². The number of benzene rings is 2. The average Bonchev–Trinajstić information content (AvgIpc) is 2.39. The Morgan fingerprint density at radius 2 is 1.88 bits per heavy atom. The van der Waals surface area contributed by atoms with E-state index in [1.165, 1.54) is 29.2 Å². The second kappa shape index (κ2) is 5.62. The Morgan fingerprint density at radius 3 is 2.65 bits per heavy atom. The smallest absolute Gasteiger partial charge is 0.150 e. The summed E-state index contributed by atoms with van der Waals surface area (Å²) in [6.07, 6.45) is 5.57. The van der Waals surface area contributed by atoms with Crippen LogP contribution in [-0.2, 0) is 6.42 Å². The second-order valence-corrected chi connectivity index (χ2v) is 4.43. The summed E-state index contributed by atoms with van der Waals surface area (Å²) in [6, 6.07) is 12.3. The first-order valence-corrected chi connectivity index (χ1v) is 6.32. The molecular formula is C16H18O. The number of fused-ring (bicyclic) bond motifs is 1. The molecule has 0 aliphatic rings. The van der Waals surface area contributed by atoms with Crippen LogP contribution in [0.1, 0.15) is 42.1 Å². The topological polar surface area (TPSA) is 17.1 Å². The molecule has 0 radical (unpaired) electrons. The highest BCUT2D eigenvalue weighted by molar-refractivity contribution is 5.93. The highest BCUT2D eigenvalue weighted by Gasteiger charge is 2.06. The van der Waals surface area contributed by atoms with E-state index >= 15 is 0 Å². The maximum absolute atomic E-state index is 11.1. The number of aryl methyl sites for hydroxylation is 1. The first-order chi connectivity index (χ1) is 8.36. The minimum Gasteiger partial charge on any atom is -0.298 e. The first kappa shape index (κ1) is 11.8. The summed E-state index contributed by atoms with van der Waals surface area (Å²) in [5, 5.41) is 2.46. The van der Waals surface area contributed by atoms with Gasteiger partial charge in [0.2, 0.25) is 0 Å². The molecule has 0 bridgehead atoms. The summed E-state index contributed by atoms with van der Waals surface area (Å²) in [6.45, 7) is 2.20. The van der Waals surface area contributed by atoms with E-state index in [9.17, 15) is 4.79 Å². The van der Waals surface area contributed by atoms with Crippen molar-refractivity contribution in [2.45, 2.75) is 32.6 Å². The Balaban J connectivity index is 2.43. The van der Waals surface area contributed by atoms with Crippen molar-refractivity contribution in [1.82, 2.24) is 0 Å². The van der Waals surface area contributed by atoms with Gasteiger partial charge in [-0.2, -0.15) is 0 Å². The van der Waals surface area contributed by atoms with Gasteiger partial charge in [0.05, 0.1) is 0 Å². The molecule has 0 heterocycles.